The van der Waals surface area contributed by atoms with Crippen LogP contribution in [0.4, 0.5) is 4.39 Å². The van der Waals surface area contributed by atoms with Gasteiger partial charge in [0, 0.05) is 5.56 Å². The van der Waals surface area contributed by atoms with Crippen molar-refractivity contribution in [2.45, 2.75) is 24.9 Å². The van der Waals surface area contributed by atoms with Crippen molar-refractivity contribution in [3.8, 4) is 11.4 Å². The van der Waals surface area contributed by atoms with E-state index >= 15 is 0 Å². The van der Waals surface area contributed by atoms with Gasteiger partial charge in [0.1, 0.15) is 5.82 Å². The van der Waals surface area contributed by atoms with Gasteiger partial charge in [-0.25, -0.2) is 8.91 Å². The van der Waals surface area contributed by atoms with E-state index in [9.17, 15) is 14.3 Å². The van der Waals surface area contributed by atoms with Crippen molar-refractivity contribution in [1.82, 2.24) is 19.8 Å². The van der Waals surface area contributed by atoms with Gasteiger partial charge in [-0.3, -0.25) is 9.89 Å². The third kappa shape index (κ3) is 1.93. The van der Waals surface area contributed by atoms with E-state index in [1.54, 1.807) is 24.3 Å². The number of rotatable bonds is 2. The maximum absolute atomic E-state index is 13.9. The van der Waals surface area contributed by atoms with Crippen LogP contribution < -0.4 is 5.56 Å². The molecule has 1 saturated carbocycles. The van der Waals surface area contributed by atoms with Crippen molar-refractivity contribution < 1.29 is 9.50 Å². The van der Waals surface area contributed by atoms with Gasteiger partial charge in [0.05, 0.1) is 11.7 Å². The van der Waals surface area contributed by atoms with Gasteiger partial charge in [-0.2, -0.15) is 0 Å². The molecule has 7 heteroatoms. The zero-order valence-electron chi connectivity index (χ0n) is 11.5. The highest BCUT2D eigenvalue weighted by atomic mass is 19.1. The third-order valence-corrected chi connectivity index (χ3v) is 4.12. The number of aliphatic hydroxyl groups excluding tert-OH is 1. The van der Waals surface area contributed by atoms with E-state index in [1.165, 1.54) is 10.6 Å². The fourth-order valence-electron chi connectivity index (χ4n) is 2.83. The number of fused-ring (bicyclic) bond motifs is 1. The molecule has 0 spiro atoms. The molecule has 0 amide bonds. The Labute approximate surface area is 124 Å². The second-order valence-electron chi connectivity index (χ2n) is 5.56. The Kier molecular flexibility index (Phi) is 2.83. The quantitative estimate of drug-likeness (QED) is 0.750. The predicted molar refractivity (Wildman–Crippen MR) is 77.0 cm³/mol. The molecule has 1 aliphatic rings. The molecule has 2 heterocycles. The Morgan fingerprint density at radius 2 is 2.05 bits per heavy atom. The van der Waals surface area contributed by atoms with E-state index in [0.29, 0.717) is 24.1 Å². The summed E-state index contributed by atoms with van der Waals surface area (Å²) >= 11 is 0. The van der Waals surface area contributed by atoms with Crippen molar-refractivity contribution >= 4 is 5.65 Å². The van der Waals surface area contributed by atoms with Crippen LogP contribution in [-0.4, -0.2) is 31.0 Å². The van der Waals surface area contributed by atoms with Crippen molar-refractivity contribution in [3.63, 3.8) is 0 Å². The summed E-state index contributed by atoms with van der Waals surface area (Å²) in [6, 6.07) is 7.86. The molecule has 4 rings (SSSR count). The first-order valence-electron chi connectivity index (χ1n) is 7.05. The summed E-state index contributed by atoms with van der Waals surface area (Å²) in [5.74, 6) is -0.133. The van der Waals surface area contributed by atoms with Crippen LogP contribution in [0.25, 0.3) is 17.0 Å². The molecule has 0 atom stereocenters. The monoisotopic (exact) mass is 300 g/mol. The van der Waals surface area contributed by atoms with E-state index in [2.05, 4.69) is 15.3 Å². The Morgan fingerprint density at radius 3 is 2.77 bits per heavy atom. The number of nitrogens with one attached hydrogen (secondary N) is 1. The predicted octanol–water partition coefficient (Wildman–Crippen LogP) is 1.46. The highest BCUT2D eigenvalue weighted by Crippen LogP contribution is 2.35. The lowest BCUT2D eigenvalue weighted by atomic mass is 9.78. The lowest BCUT2D eigenvalue weighted by Gasteiger charge is -2.30. The van der Waals surface area contributed by atoms with Gasteiger partial charge in [-0.05, 0) is 37.0 Å². The van der Waals surface area contributed by atoms with Crippen LogP contribution >= 0.6 is 0 Å². The highest BCUT2D eigenvalue weighted by Gasteiger charge is 2.31. The standard InChI is InChI=1S/C15H13FN4O2/c16-12-4-2-1-3-10(12)14-18-17-13-7-11(8-5-9(21)6-8)15(22)19-20(13)14/h1-4,7-9,21H,5-6H2,(H,19,22). The molecule has 22 heavy (non-hydrogen) atoms. The van der Waals surface area contributed by atoms with Crippen LogP contribution in [0.15, 0.2) is 35.1 Å². The van der Waals surface area contributed by atoms with Crippen LogP contribution in [0.5, 0.6) is 0 Å². The average Bonchev–Trinajstić information content (AvgIpc) is 2.86. The zero-order valence-corrected chi connectivity index (χ0v) is 11.5. The molecule has 1 fully saturated rings. The molecular weight excluding hydrogens is 287 g/mol. The number of nitrogens with zero attached hydrogens (tertiary/aromatic N) is 3. The second-order valence-corrected chi connectivity index (χ2v) is 5.56. The van der Waals surface area contributed by atoms with Crippen molar-refractivity contribution in [2.24, 2.45) is 0 Å². The molecule has 0 saturated heterocycles. The molecule has 6 nitrogen and oxygen atoms in total. The van der Waals surface area contributed by atoms with Gasteiger partial charge in [-0.1, -0.05) is 12.1 Å². The maximum Gasteiger partial charge on any atom is 0.266 e. The molecule has 2 N–H and O–H groups in total. The lowest BCUT2D eigenvalue weighted by molar-refractivity contribution is 0.0741. The Morgan fingerprint density at radius 1 is 1.27 bits per heavy atom. The number of aliphatic hydroxyl groups is 1. The second kappa shape index (κ2) is 4.74. The average molecular weight is 300 g/mol. The molecule has 112 valence electrons. The van der Waals surface area contributed by atoms with Crippen LogP contribution in [0.1, 0.15) is 24.3 Å². The number of H-pyrrole nitrogens is 1. The molecule has 2 aromatic heterocycles. The first kappa shape index (κ1) is 13.1. The van der Waals surface area contributed by atoms with Crippen LogP contribution in [0.2, 0.25) is 0 Å². The van der Waals surface area contributed by atoms with E-state index in [0.717, 1.165) is 0 Å². The minimum Gasteiger partial charge on any atom is -0.393 e. The fraction of sp³-hybridized carbons (Fsp3) is 0.267. The molecule has 0 bridgehead atoms. The number of halogens is 1. The molecule has 3 aromatic rings. The Bertz CT molecular complexity index is 911. The summed E-state index contributed by atoms with van der Waals surface area (Å²) in [6.45, 7) is 0. The van der Waals surface area contributed by atoms with E-state index in [-0.39, 0.29) is 29.0 Å². The molecule has 1 aromatic carbocycles. The summed E-state index contributed by atoms with van der Waals surface area (Å²) in [5, 5.41) is 20.1. The first-order valence-corrected chi connectivity index (χ1v) is 7.05. The largest absolute Gasteiger partial charge is 0.393 e. The van der Waals surface area contributed by atoms with Gasteiger partial charge in [0.15, 0.2) is 11.5 Å². The minimum atomic E-state index is -0.427. The zero-order chi connectivity index (χ0) is 15.3. The molecule has 0 unspecified atom stereocenters. The van der Waals surface area contributed by atoms with Crippen molar-refractivity contribution in [1.29, 1.82) is 0 Å². The van der Waals surface area contributed by atoms with Gasteiger partial charge >= 0.3 is 0 Å². The Hall–Kier alpha value is -2.54. The SMILES string of the molecule is O=c1[nH]n2c(-c3ccccc3F)nnc2cc1C1CC(O)C1. The van der Waals surface area contributed by atoms with E-state index in [4.69, 9.17) is 0 Å². The number of hydrogen-bond acceptors (Lipinski definition) is 4. The molecule has 0 radical (unpaired) electrons. The first-order chi connectivity index (χ1) is 10.6. The smallest absolute Gasteiger partial charge is 0.266 e. The van der Waals surface area contributed by atoms with E-state index < -0.39 is 5.82 Å². The van der Waals surface area contributed by atoms with Gasteiger partial charge in [-0.15, -0.1) is 10.2 Å². The summed E-state index contributed by atoms with van der Waals surface area (Å²) in [5.41, 5.74) is 1.05. The van der Waals surface area contributed by atoms with Gasteiger partial charge < -0.3 is 5.11 Å². The third-order valence-electron chi connectivity index (χ3n) is 4.12. The Balaban J connectivity index is 1.85. The number of aromatic nitrogens is 4. The summed E-state index contributed by atoms with van der Waals surface area (Å²) in [7, 11) is 0. The summed E-state index contributed by atoms with van der Waals surface area (Å²) in [6.07, 6.45) is 0.814. The van der Waals surface area contributed by atoms with Gasteiger partial charge in [0.2, 0.25) is 0 Å². The number of benzene rings is 1. The molecule has 0 aliphatic heterocycles. The summed E-state index contributed by atoms with van der Waals surface area (Å²) < 4.78 is 15.3. The van der Waals surface area contributed by atoms with Crippen molar-refractivity contribution in [3.05, 3.63) is 52.1 Å². The van der Waals surface area contributed by atoms with Gasteiger partial charge in [0.25, 0.3) is 5.56 Å². The fourth-order valence-corrected chi connectivity index (χ4v) is 2.83. The normalized spacial score (nSPS) is 21.0. The summed E-state index contributed by atoms with van der Waals surface area (Å²) in [4.78, 5) is 12.2. The minimum absolute atomic E-state index is 0.0392. The molecular formula is C15H13FN4O2. The lowest BCUT2D eigenvalue weighted by Crippen LogP contribution is -2.31. The van der Waals surface area contributed by atoms with Crippen LogP contribution in [-0.2, 0) is 0 Å². The highest BCUT2D eigenvalue weighted by molar-refractivity contribution is 5.59. The van der Waals surface area contributed by atoms with Crippen molar-refractivity contribution in [2.75, 3.05) is 0 Å². The number of aromatic amines is 1. The topological polar surface area (TPSA) is 83.3 Å². The maximum atomic E-state index is 13.9. The number of hydrogen-bond donors (Lipinski definition) is 2. The molecule has 1 aliphatic carbocycles. The van der Waals surface area contributed by atoms with Crippen LogP contribution in [0.3, 0.4) is 0 Å². The van der Waals surface area contributed by atoms with E-state index in [1.807, 2.05) is 0 Å². The van der Waals surface area contributed by atoms with Crippen LogP contribution in [0, 0.1) is 5.82 Å².